The Morgan fingerprint density at radius 1 is 1.09 bits per heavy atom. The summed E-state index contributed by atoms with van der Waals surface area (Å²) in [5.41, 5.74) is 0.612. The first kappa shape index (κ1) is 28.5. The Morgan fingerprint density at radius 2 is 1.76 bits per heavy atom. The molecule has 0 bridgehead atoms. The van der Waals surface area contributed by atoms with Crippen LogP contribution in [0, 0.1) is 0 Å². The summed E-state index contributed by atoms with van der Waals surface area (Å²) in [5, 5.41) is 44.4. The lowest BCUT2D eigenvalue weighted by Crippen LogP contribution is -2.38. The summed E-state index contributed by atoms with van der Waals surface area (Å²) in [4.78, 5) is 33.8. The lowest BCUT2D eigenvalue weighted by Gasteiger charge is -2.21. The molecule has 2 rings (SSSR count). The van der Waals surface area contributed by atoms with Crippen LogP contribution in [0.4, 0.5) is 0 Å². The molecule has 0 aromatic heterocycles. The number of benzene rings is 1. The molecule has 1 aliphatic heterocycles. The number of ketones is 1. The molecule has 1 amide bonds. The SMILES string of the molecule is O=C(CCCC(=O)c1ccccc1)NCCCOP(=O)(O)C[C@H](O)C[C@H]1N[C@H](CO)[C@@H](O)[C@@H]1O. The number of carbonyl (C=O) groups is 2. The summed E-state index contributed by atoms with van der Waals surface area (Å²) in [6.45, 7) is -0.274. The molecule has 1 unspecified atom stereocenters. The van der Waals surface area contributed by atoms with E-state index in [1.54, 1.807) is 24.3 Å². The average Bonchev–Trinajstić information content (AvgIpc) is 3.06. The first-order valence-electron chi connectivity index (χ1n) is 11.4. The van der Waals surface area contributed by atoms with Crippen molar-refractivity contribution in [1.82, 2.24) is 10.6 Å². The molecule has 0 spiro atoms. The fraction of sp³-hybridized carbons (Fsp3) is 0.636. The van der Waals surface area contributed by atoms with E-state index in [2.05, 4.69) is 10.6 Å². The maximum Gasteiger partial charge on any atom is 0.330 e. The zero-order valence-electron chi connectivity index (χ0n) is 19.0. The van der Waals surface area contributed by atoms with Gasteiger partial charge in [0.2, 0.25) is 5.91 Å². The fourth-order valence-electron chi connectivity index (χ4n) is 3.78. The first-order chi connectivity index (χ1) is 16.1. The number of Topliss-reactive ketones (excluding diaryl/α,β-unsaturated/α-hetero) is 1. The number of rotatable bonds is 15. The zero-order valence-corrected chi connectivity index (χ0v) is 19.8. The van der Waals surface area contributed by atoms with Crippen LogP contribution >= 0.6 is 7.60 Å². The van der Waals surface area contributed by atoms with E-state index in [4.69, 9.17) is 9.63 Å². The van der Waals surface area contributed by atoms with Gasteiger partial charge in [-0.3, -0.25) is 14.2 Å². The van der Waals surface area contributed by atoms with Crippen LogP contribution in [-0.2, 0) is 13.9 Å². The molecule has 1 aromatic rings. The highest BCUT2D eigenvalue weighted by atomic mass is 31.2. The number of nitrogens with one attached hydrogen (secondary N) is 2. The van der Waals surface area contributed by atoms with Gasteiger partial charge in [0.05, 0.1) is 43.7 Å². The highest BCUT2D eigenvalue weighted by Gasteiger charge is 2.41. The summed E-state index contributed by atoms with van der Waals surface area (Å²) < 4.78 is 17.1. The second-order valence-corrected chi connectivity index (χ2v) is 10.3. The summed E-state index contributed by atoms with van der Waals surface area (Å²) in [6.07, 6.45) is -3.19. The van der Waals surface area contributed by atoms with Gasteiger partial charge < -0.3 is 40.5 Å². The number of amides is 1. The van der Waals surface area contributed by atoms with E-state index in [9.17, 15) is 34.4 Å². The second kappa shape index (κ2) is 14.0. The molecular formula is C22H35N2O9P. The van der Waals surface area contributed by atoms with Crippen molar-refractivity contribution in [2.75, 3.05) is 25.9 Å². The number of hydrogen-bond acceptors (Lipinski definition) is 9. The Labute approximate surface area is 198 Å². The molecule has 1 saturated heterocycles. The van der Waals surface area contributed by atoms with Gasteiger partial charge >= 0.3 is 7.60 Å². The van der Waals surface area contributed by atoms with Crippen LogP contribution in [0.25, 0.3) is 0 Å². The lowest BCUT2D eigenvalue weighted by atomic mass is 10.0. The molecule has 6 atom stereocenters. The van der Waals surface area contributed by atoms with Gasteiger partial charge in [0.15, 0.2) is 5.78 Å². The minimum Gasteiger partial charge on any atom is -0.395 e. The zero-order chi connectivity index (χ0) is 25.1. The van der Waals surface area contributed by atoms with Crippen molar-refractivity contribution in [2.45, 2.75) is 62.5 Å². The molecule has 0 saturated carbocycles. The molecule has 11 nitrogen and oxygen atoms in total. The Kier molecular flexibility index (Phi) is 11.8. The largest absolute Gasteiger partial charge is 0.395 e. The van der Waals surface area contributed by atoms with E-state index in [0.29, 0.717) is 12.0 Å². The Morgan fingerprint density at radius 3 is 2.41 bits per heavy atom. The van der Waals surface area contributed by atoms with Crippen LogP contribution in [0.15, 0.2) is 30.3 Å². The topological polar surface area (TPSA) is 186 Å². The summed E-state index contributed by atoms with van der Waals surface area (Å²) in [6, 6.07) is 7.38. The molecule has 1 fully saturated rings. The molecule has 34 heavy (non-hydrogen) atoms. The van der Waals surface area contributed by atoms with Gasteiger partial charge in [-0.25, -0.2) is 0 Å². The Hall–Kier alpha value is -1.69. The standard InChI is InChI=1S/C22H35N2O9P/c25-13-18-22(30)21(29)17(24-18)12-16(26)14-34(31,32)33-11-5-10-23-20(28)9-4-8-19(27)15-6-2-1-3-7-15/h1-3,6-7,16-18,21-22,24-26,29-30H,4-5,8-14H2,(H,23,28)(H,31,32)/t16-,17-,18-,21-,22-/m1/s1. The maximum atomic E-state index is 12.2. The molecule has 0 radical (unpaired) electrons. The highest BCUT2D eigenvalue weighted by molar-refractivity contribution is 7.52. The van der Waals surface area contributed by atoms with Gasteiger partial charge in [0, 0.05) is 31.0 Å². The van der Waals surface area contributed by atoms with Crippen LogP contribution < -0.4 is 10.6 Å². The van der Waals surface area contributed by atoms with Crippen molar-refractivity contribution < 1.29 is 44.0 Å². The van der Waals surface area contributed by atoms with E-state index in [0.717, 1.165) is 0 Å². The number of aliphatic hydroxyl groups excluding tert-OH is 4. The molecule has 1 aromatic carbocycles. The van der Waals surface area contributed by atoms with Crippen molar-refractivity contribution in [3.05, 3.63) is 35.9 Å². The summed E-state index contributed by atoms with van der Waals surface area (Å²) in [7, 11) is -4.11. The van der Waals surface area contributed by atoms with E-state index < -0.39 is 50.8 Å². The molecule has 12 heteroatoms. The third-order valence-corrected chi connectivity index (χ3v) is 7.08. The summed E-state index contributed by atoms with van der Waals surface area (Å²) in [5.74, 6) is -0.250. The monoisotopic (exact) mass is 502 g/mol. The average molecular weight is 503 g/mol. The normalized spacial score (nSPS) is 25.0. The number of carbonyl (C=O) groups excluding carboxylic acids is 2. The van der Waals surface area contributed by atoms with Crippen molar-refractivity contribution in [3.63, 3.8) is 0 Å². The minimum absolute atomic E-state index is 0.0229. The van der Waals surface area contributed by atoms with Crippen LogP contribution in [0.3, 0.4) is 0 Å². The van der Waals surface area contributed by atoms with Gasteiger partial charge in [0.25, 0.3) is 0 Å². The first-order valence-corrected chi connectivity index (χ1v) is 13.1. The lowest BCUT2D eigenvalue weighted by molar-refractivity contribution is -0.121. The van der Waals surface area contributed by atoms with Crippen molar-refractivity contribution in [1.29, 1.82) is 0 Å². The second-order valence-electron chi connectivity index (χ2n) is 8.43. The van der Waals surface area contributed by atoms with Gasteiger partial charge in [0.1, 0.15) is 0 Å². The molecule has 0 aliphatic carbocycles. The maximum absolute atomic E-state index is 12.2. The van der Waals surface area contributed by atoms with E-state index in [1.807, 2.05) is 6.07 Å². The van der Waals surface area contributed by atoms with E-state index in [1.165, 1.54) is 0 Å². The smallest absolute Gasteiger partial charge is 0.330 e. The van der Waals surface area contributed by atoms with Gasteiger partial charge in [-0.05, 0) is 19.3 Å². The van der Waals surface area contributed by atoms with Crippen LogP contribution in [0.2, 0.25) is 0 Å². The quantitative estimate of drug-likeness (QED) is 0.0941. The van der Waals surface area contributed by atoms with Gasteiger partial charge in [-0.2, -0.15) is 0 Å². The molecule has 1 aliphatic rings. The van der Waals surface area contributed by atoms with Crippen molar-refractivity contribution in [3.8, 4) is 0 Å². The molecule has 1 heterocycles. The van der Waals surface area contributed by atoms with Crippen LogP contribution in [0.5, 0.6) is 0 Å². The molecule has 7 N–H and O–H groups in total. The van der Waals surface area contributed by atoms with Crippen molar-refractivity contribution >= 4 is 19.3 Å². The predicted molar refractivity (Wildman–Crippen MR) is 123 cm³/mol. The Balaban J connectivity index is 1.56. The predicted octanol–water partition coefficient (Wildman–Crippen LogP) is -0.447. The van der Waals surface area contributed by atoms with E-state index >= 15 is 0 Å². The third kappa shape index (κ3) is 9.52. The molecular weight excluding hydrogens is 467 g/mol. The number of hydrogen-bond donors (Lipinski definition) is 7. The number of aliphatic hydroxyl groups is 4. The van der Waals surface area contributed by atoms with Gasteiger partial charge in [-0.15, -0.1) is 0 Å². The summed E-state index contributed by atoms with van der Waals surface area (Å²) >= 11 is 0. The van der Waals surface area contributed by atoms with E-state index in [-0.39, 0.29) is 50.5 Å². The minimum atomic E-state index is -4.11. The van der Waals surface area contributed by atoms with Crippen LogP contribution in [-0.4, -0.2) is 93.3 Å². The fourth-order valence-corrected chi connectivity index (χ4v) is 4.98. The van der Waals surface area contributed by atoms with Crippen molar-refractivity contribution in [2.24, 2.45) is 0 Å². The highest BCUT2D eigenvalue weighted by Crippen LogP contribution is 2.43. The van der Waals surface area contributed by atoms with Crippen LogP contribution in [0.1, 0.15) is 42.5 Å². The van der Waals surface area contributed by atoms with Gasteiger partial charge in [-0.1, -0.05) is 30.3 Å². The Bertz CT molecular complexity index is 826. The third-order valence-electron chi connectivity index (χ3n) is 5.61. The molecule has 192 valence electrons.